The van der Waals surface area contributed by atoms with Crippen LogP contribution in [0.3, 0.4) is 0 Å². The summed E-state index contributed by atoms with van der Waals surface area (Å²) in [7, 11) is 0. The fraction of sp³-hybridized carbons (Fsp3) is 0.500. The number of pyridine rings is 1. The number of piperidine rings is 1. The molecular weight excluding hydrogens is 310 g/mol. The Morgan fingerprint density at radius 1 is 1.36 bits per heavy atom. The van der Waals surface area contributed by atoms with Crippen LogP contribution in [0, 0.1) is 6.92 Å². The molecule has 1 fully saturated rings. The lowest BCUT2D eigenvalue weighted by Crippen LogP contribution is -2.34. The van der Waals surface area contributed by atoms with E-state index < -0.39 is 0 Å². The van der Waals surface area contributed by atoms with Gasteiger partial charge in [-0.25, -0.2) is 4.98 Å². The predicted octanol–water partition coefficient (Wildman–Crippen LogP) is 3.86. The number of hydrogen-bond acceptors (Lipinski definition) is 3. The maximum atomic E-state index is 4.55. The molecule has 132 valence electrons. The second-order valence-electron chi connectivity index (χ2n) is 7.22. The summed E-state index contributed by atoms with van der Waals surface area (Å²) in [5.41, 5.74) is 5.02. The van der Waals surface area contributed by atoms with E-state index in [9.17, 15) is 0 Å². The second kappa shape index (κ2) is 7.00. The van der Waals surface area contributed by atoms with E-state index in [1.165, 1.54) is 41.7 Å². The third-order valence-corrected chi connectivity index (χ3v) is 5.39. The molecule has 5 heteroatoms. The van der Waals surface area contributed by atoms with Gasteiger partial charge in [-0.05, 0) is 50.9 Å². The number of rotatable bonds is 5. The molecule has 3 aromatic heterocycles. The van der Waals surface area contributed by atoms with Crippen LogP contribution in [0.5, 0.6) is 0 Å². The highest BCUT2D eigenvalue weighted by Crippen LogP contribution is 2.29. The maximum absolute atomic E-state index is 4.55. The summed E-state index contributed by atoms with van der Waals surface area (Å²) in [6.07, 6.45) is 7.53. The lowest BCUT2D eigenvalue weighted by atomic mass is 9.94. The van der Waals surface area contributed by atoms with Gasteiger partial charge >= 0.3 is 0 Å². The van der Waals surface area contributed by atoms with Gasteiger partial charge in [-0.15, -0.1) is 0 Å². The Labute approximate surface area is 149 Å². The monoisotopic (exact) mass is 337 g/mol. The minimum absolute atomic E-state index is 0.564. The molecule has 1 saturated heterocycles. The Morgan fingerprint density at radius 2 is 2.28 bits per heavy atom. The normalized spacial score (nSPS) is 18.9. The molecule has 0 spiro atoms. The summed E-state index contributed by atoms with van der Waals surface area (Å²) in [5.74, 6) is 0.564. The van der Waals surface area contributed by atoms with Crippen molar-refractivity contribution in [1.29, 1.82) is 0 Å². The largest absolute Gasteiger partial charge is 0.343 e. The van der Waals surface area contributed by atoms with Crippen molar-refractivity contribution in [3.05, 3.63) is 47.5 Å². The van der Waals surface area contributed by atoms with Gasteiger partial charge in [0.15, 0.2) is 0 Å². The molecule has 4 heterocycles. The lowest BCUT2D eigenvalue weighted by molar-refractivity contribution is 0.198. The van der Waals surface area contributed by atoms with Gasteiger partial charge in [0.1, 0.15) is 5.65 Å². The maximum Gasteiger partial charge on any atom is 0.137 e. The molecule has 4 rings (SSSR count). The minimum atomic E-state index is 0.564. The van der Waals surface area contributed by atoms with E-state index in [4.69, 9.17) is 0 Å². The van der Waals surface area contributed by atoms with Gasteiger partial charge < -0.3 is 4.98 Å². The molecule has 0 amide bonds. The van der Waals surface area contributed by atoms with Crippen LogP contribution in [0.1, 0.15) is 49.1 Å². The van der Waals surface area contributed by atoms with Crippen molar-refractivity contribution in [2.45, 2.75) is 52.1 Å². The summed E-state index contributed by atoms with van der Waals surface area (Å²) in [6.45, 7) is 8.69. The predicted molar refractivity (Wildman–Crippen MR) is 101 cm³/mol. The van der Waals surface area contributed by atoms with Crippen LogP contribution in [0.2, 0.25) is 0 Å². The van der Waals surface area contributed by atoms with Crippen LogP contribution >= 0.6 is 0 Å². The molecule has 1 aliphatic heterocycles. The van der Waals surface area contributed by atoms with Gasteiger partial charge in [-0.3, -0.25) is 9.58 Å². The molecule has 0 unspecified atom stereocenters. The number of fused-ring (bicyclic) bond motifs is 1. The third kappa shape index (κ3) is 3.33. The molecule has 1 aliphatic rings. The molecular formula is C20H27N5. The van der Waals surface area contributed by atoms with Crippen molar-refractivity contribution in [2.24, 2.45) is 0 Å². The van der Waals surface area contributed by atoms with Gasteiger partial charge in [0.25, 0.3) is 0 Å². The number of aryl methyl sites for hydroxylation is 1. The topological polar surface area (TPSA) is 49.7 Å². The van der Waals surface area contributed by atoms with E-state index in [-0.39, 0.29) is 0 Å². The molecule has 0 aliphatic carbocycles. The SMILES string of the molecule is CCCn1ncc(CN2CCC[C@@H](c3cc4cccnc4[nH]3)C2)c1C. The van der Waals surface area contributed by atoms with Crippen molar-refractivity contribution in [3.8, 4) is 0 Å². The van der Waals surface area contributed by atoms with Crippen molar-refractivity contribution in [1.82, 2.24) is 24.6 Å². The van der Waals surface area contributed by atoms with E-state index in [2.05, 4.69) is 56.8 Å². The molecule has 25 heavy (non-hydrogen) atoms. The van der Waals surface area contributed by atoms with E-state index in [1.807, 2.05) is 12.3 Å². The summed E-state index contributed by atoms with van der Waals surface area (Å²) < 4.78 is 2.14. The van der Waals surface area contributed by atoms with Gasteiger partial charge in [0.2, 0.25) is 0 Å². The highest BCUT2D eigenvalue weighted by atomic mass is 15.3. The van der Waals surface area contributed by atoms with Gasteiger partial charge in [0, 0.05) is 54.1 Å². The number of aromatic nitrogens is 4. The first-order valence-electron chi connectivity index (χ1n) is 9.42. The second-order valence-corrected chi connectivity index (χ2v) is 7.22. The molecule has 0 radical (unpaired) electrons. The van der Waals surface area contributed by atoms with Crippen LogP contribution in [-0.2, 0) is 13.1 Å². The van der Waals surface area contributed by atoms with E-state index in [0.717, 1.165) is 31.7 Å². The Bertz CT molecular complexity index is 814. The number of likely N-dealkylation sites (tertiary alicyclic amines) is 1. The van der Waals surface area contributed by atoms with E-state index in [1.54, 1.807) is 0 Å². The fourth-order valence-electron chi connectivity index (χ4n) is 3.97. The van der Waals surface area contributed by atoms with Gasteiger partial charge in [-0.2, -0.15) is 5.10 Å². The first-order valence-corrected chi connectivity index (χ1v) is 9.42. The Morgan fingerprint density at radius 3 is 3.12 bits per heavy atom. The zero-order valence-electron chi connectivity index (χ0n) is 15.2. The molecule has 1 N–H and O–H groups in total. The standard InChI is InChI=1S/C20H27N5/c1-3-9-25-15(2)18(12-22-25)14-24-10-5-7-17(13-24)19-11-16-6-4-8-21-20(16)23-19/h4,6,8,11-12,17H,3,5,7,9-10,13-14H2,1-2H3,(H,21,23)/t17-/m1/s1. The van der Waals surface area contributed by atoms with Gasteiger partial charge in [0.05, 0.1) is 6.20 Å². The van der Waals surface area contributed by atoms with Crippen LogP contribution in [0.15, 0.2) is 30.6 Å². The first-order chi connectivity index (χ1) is 12.2. The minimum Gasteiger partial charge on any atom is -0.343 e. The molecule has 3 aromatic rings. The zero-order valence-corrected chi connectivity index (χ0v) is 15.2. The Kier molecular flexibility index (Phi) is 4.57. The van der Waals surface area contributed by atoms with Crippen molar-refractivity contribution in [2.75, 3.05) is 13.1 Å². The number of aromatic amines is 1. The van der Waals surface area contributed by atoms with Crippen molar-refractivity contribution in [3.63, 3.8) is 0 Å². The summed E-state index contributed by atoms with van der Waals surface area (Å²) in [6, 6.07) is 6.42. The molecule has 0 bridgehead atoms. The smallest absolute Gasteiger partial charge is 0.137 e. The average Bonchev–Trinajstić information content (AvgIpc) is 3.21. The van der Waals surface area contributed by atoms with Gasteiger partial charge in [-0.1, -0.05) is 6.92 Å². The quantitative estimate of drug-likeness (QED) is 0.769. The average molecular weight is 337 g/mol. The summed E-state index contributed by atoms with van der Waals surface area (Å²) in [4.78, 5) is 10.5. The molecule has 5 nitrogen and oxygen atoms in total. The van der Waals surface area contributed by atoms with Crippen molar-refractivity contribution < 1.29 is 0 Å². The number of nitrogens with zero attached hydrogens (tertiary/aromatic N) is 4. The highest BCUT2D eigenvalue weighted by Gasteiger charge is 2.23. The zero-order chi connectivity index (χ0) is 17.2. The first kappa shape index (κ1) is 16.3. The van der Waals surface area contributed by atoms with Crippen LogP contribution in [-0.4, -0.2) is 37.7 Å². The van der Waals surface area contributed by atoms with E-state index >= 15 is 0 Å². The summed E-state index contributed by atoms with van der Waals surface area (Å²) >= 11 is 0. The van der Waals surface area contributed by atoms with Crippen LogP contribution in [0.4, 0.5) is 0 Å². The van der Waals surface area contributed by atoms with E-state index in [0.29, 0.717) is 5.92 Å². The van der Waals surface area contributed by atoms with Crippen LogP contribution in [0.25, 0.3) is 11.0 Å². The number of nitrogens with one attached hydrogen (secondary N) is 1. The molecule has 0 saturated carbocycles. The Balaban J connectivity index is 1.47. The Hall–Kier alpha value is -2.14. The fourth-order valence-corrected chi connectivity index (χ4v) is 3.97. The molecule has 1 atom stereocenters. The summed E-state index contributed by atoms with van der Waals surface area (Å²) in [5, 5.41) is 5.77. The highest BCUT2D eigenvalue weighted by molar-refractivity contribution is 5.76. The van der Waals surface area contributed by atoms with Crippen molar-refractivity contribution >= 4 is 11.0 Å². The third-order valence-electron chi connectivity index (χ3n) is 5.39. The lowest BCUT2D eigenvalue weighted by Gasteiger charge is -2.32. The van der Waals surface area contributed by atoms with Crippen LogP contribution < -0.4 is 0 Å². The number of hydrogen-bond donors (Lipinski definition) is 1. The molecule has 0 aromatic carbocycles. The number of H-pyrrole nitrogens is 1.